The number of urea groups is 1. The number of nitrogens with one attached hydrogen (secondary N) is 2. The van der Waals surface area contributed by atoms with Crippen LogP contribution in [0.3, 0.4) is 0 Å². The van der Waals surface area contributed by atoms with E-state index in [0.29, 0.717) is 35.2 Å². The number of hydrogen-bond acceptors (Lipinski definition) is 13. The van der Waals surface area contributed by atoms with Crippen LogP contribution in [0.2, 0.25) is 0 Å². The molecule has 0 bridgehead atoms. The molecule has 0 saturated carbocycles. The molecule has 1 aromatic heterocycles. The second-order valence-corrected chi connectivity index (χ2v) is 17.1. The zero-order chi connectivity index (χ0) is 42.4. The first kappa shape index (κ1) is 40.4. The van der Waals surface area contributed by atoms with Crippen molar-refractivity contribution < 1.29 is 29.1 Å². The number of anilines is 5. The van der Waals surface area contributed by atoms with Crippen LogP contribution >= 0.6 is 0 Å². The topological polar surface area (TPSA) is 204 Å². The highest BCUT2D eigenvalue weighted by Crippen LogP contribution is 2.38. The number of benzene rings is 2. The lowest BCUT2D eigenvalue weighted by atomic mass is 9.95. The van der Waals surface area contributed by atoms with Gasteiger partial charge < -0.3 is 40.7 Å². The highest BCUT2D eigenvalue weighted by Gasteiger charge is 2.45. The van der Waals surface area contributed by atoms with E-state index in [-0.39, 0.29) is 36.5 Å². The lowest BCUT2D eigenvalue weighted by Gasteiger charge is -2.40. The van der Waals surface area contributed by atoms with Gasteiger partial charge in [-0.2, -0.15) is 0 Å². The van der Waals surface area contributed by atoms with Gasteiger partial charge >= 0.3 is 6.03 Å². The average Bonchev–Trinajstić information content (AvgIpc) is 3.73. The molecule has 0 aliphatic carbocycles. The summed E-state index contributed by atoms with van der Waals surface area (Å²) >= 11 is 0. The summed E-state index contributed by atoms with van der Waals surface area (Å²) in [5, 5.41) is 16.7. The number of rotatable bonds is 10. The highest BCUT2D eigenvalue weighted by atomic mass is 16.3. The predicted molar refractivity (Wildman–Crippen MR) is 228 cm³/mol. The van der Waals surface area contributed by atoms with Crippen molar-refractivity contribution in [2.45, 2.75) is 56.8 Å². The summed E-state index contributed by atoms with van der Waals surface area (Å²) in [6.07, 6.45) is 4.61. The van der Waals surface area contributed by atoms with Gasteiger partial charge in [0.1, 0.15) is 11.9 Å². The minimum atomic E-state index is -1.23. The lowest BCUT2D eigenvalue weighted by molar-refractivity contribution is -0.139. The number of aliphatic hydroxyl groups excluding tert-OH is 1. The number of piperazine rings is 1. The van der Waals surface area contributed by atoms with Gasteiger partial charge in [0.05, 0.1) is 12.2 Å². The summed E-state index contributed by atoms with van der Waals surface area (Å²) in [6, 6.07) is 12.9. The number of imide groups is 1. The van der Waals surface area contributed by atoms with Gasteiger partial charge in [-0.3, -0.25) is 34.3 Å². The van der Waals surface area contributed by atoms with Crippen molar-refractivity contribution in [1.29, 1.82) is 0 Å². The Hall–Kier alpha value is -6.01. The predicted octanol–water partition coefficient (Wildman–Crippen LogP) is 1.95. The molecule has 0 radical (unpaired) electrons. The van der Waals surface area contributed by atoms with Gasteiger partial charge in [-0.15, -0.1) is 0 Å². The van der Waals surface area contributed by atoms with Gasteiger partial charge in [0.25, 0.3) is 11.8 Å². The van der Waals surface area contributed by atoms with Crippen LogP contribution < -0.4 is 31.1 Å². The maximum Gasteiger partial charge on any atom is 0.320 e. The molecule has 5 N–H and O–H groups in total. The monoisotopic (exact) mass is 834 g/mol. The summed E-state index contributed by atoms with van der Waals surface area (Å²) in [4.78, 5) is 85.9. The van der Waals surface area contributed by atoms with Crippen LogP contribution in [0.15, 0.2) is 48.7 Å². The van der Waals surface area contributed by atoms with Crippen LogP contribution in [-0.4, -0.2) is 155 Å². The number of hydrogen-bond donors (Lipinski definition) is 4. The molecule has 3 aromatic rings. The number of nitrogens with two attached hydrogens (primary N) is 1. The Labute approximate surface area is 354 Å². The zero-order valence-electron chi connectivity index (χ0n) is 34.5. The van der Waals surface area contributed by atoms with Gasteiger partial charge in [0, 0.05) is 114 Å². The van der Waals surface area contributed by atoms with Crippen molar-refractivity contribution in [2.75, 3.05) is 99.1 Å². The Morgan fingerprint density at radius 2 is 1.61 bits per heavy atom. The van der Waals surface area contributed by atoms with Crippen molar-refractivity contribution in [1.82, 2.24) is 34.9 Å². The second-order valence-electron chi connectivity index (χ2n) is 17.1. The third kappa shape index (κ3) is 8.13. The summed E-state index contributed by atoms with van der Waals surface area (Å²) in [5.74, 6) is -0.458. The van der Waals surface area contributed by atoms with E-state index < -0.39 is 30.0 Å². The molecule has 5 saturated heterocycles. The van der Waals surface area contributed by atoms with Gasteiger partial charge in [-0.25, -0.2) is 14.8 Å². The first-order valence-corrected chi connectivity index (χ1v) is 21.5. The number of aromatic nitrogens is 2. The molecule has 6 aliphatic heterocycles. The zero-order valence-corrected chi connectivity index (χ0v) is 34.5. The summed E-state index contributed by atoms with van der Waals surface area (Å²) in [5.41, 5.74) is 9.53. The number of likely N-dealkylation sites (N-methyl/N-ethyl adjacent to an activating group) is 1. The number of carbonyl (C=O) groups is 5. The largest absolute Gasteiger partial charge is 0.372 e. The number of aliphatic hydroxyl groups is 1. The minimum absolute atomic E-state index is 0.0605. The van der Waals surface area contributed by atoms with Crippen molar-refractivity contribution in [3.63, 3.8) is 0 Å². The third-order valence-electron chi connectivity index (χ3n) is 13.4. The molecule has 7 heterocycles. The van der Waals surface area contributed by atoms with Crippen LogP contribution in [0.4, 0.5) is 33.5 Å². The number of carbonyl (C=O) groups excluding carboxylic acids is 5. The summed E-state index contributed by atoms with van der Waals surface area (Å²) in [6.45, 7) is 9.41. The van der Waals surface area contributed by atoms with E-state index >= 15 is 0 Å². The maximum atomic E-state index is 13.2. The Kier molecular flexibility index (Phi) is 11.1. The lowest BCUT2D eigenvalue weighted by Crippen LogP contribution is -2.53. The maximum absolute atomic E-state index is 13.2. The van der Waals surface area contributed by atoms with Gasteiger partial charge in [-0.1, -0.05) is 0 Å². The van der Waals surface area contributed by atoms with Crippen molar-refractivity contribution in [2.24, 2.45) is 11.7 Å². The molecule has 2 aromatic carbocycles. The molecule has 2 unspecified atom stereocenters. The fourth-order valence-corrected chi connectivity index (χ4v) is 9.86. The summed E-state index contributed by atoms with van der Waals surface area (Å²) in [7, 11) is 1.83. The number of fused-ring (bicyclic) bond motifs is 1. The highest BCUT2D eigenvalue weighted by molar-refractivity contribution is 6.06. The second kappa shape index (κ2) is 16.8. The number of amides is 6. The SMILES string of the molecule is CN1CCN([C@@H]2CCCN(c3cnc(C(N)=O)c(Nc4ccc(N5CCN(CC6CCN(c7ccc8c(c7)C(O)N(C7CCC(=O)NC7=O)C8=O)CC6)CC5)cc4)n3)C2)C1=O. The van der Waals surface area contributed by atoms with E-state index in [4.69, 9.17) is 10.7 Å². The van der Waals surface area contributed by atoms with Gasteiger partial charge in [0.15, 0.2) is 17.7 Å². The fourth-order valence-electron chi connectivity index (χ4n) is 9.86. The molecule has 0 spiro atoms. The minimum Gasteiger partial charge on any atom is -0.372 e. The number of primary amides is 1. The summed E-state index contributed by atoms with van der Waals surface area (Å²) < 4.78 is 0. The Balaban J connectivity index is 0.753. The normalized spacial score (nSPS) is 24.1. The van der Waals surface area contributed by atoms with Crippen LogP contribution in [0.1, 0.15) is 71.2 Å². The molecule has 322 valence electrons. The van der Waals surface area contributed by atoms with Gasteiger partial charge in [0.2, 0.25) is 11.8 Å². The fraction of sp³-hybridized carbons (Fsp3) is 0.512. The molecule has 18 nitrogen and oxygen atoms in total. The molecule has 3 atom stereocenters. The quantitative estimate of drug-likeness (QED) is 0.216. The smallest absolute Gasteiger partial charge is 0.320 e. The molecule has 9 rings (SSSR count). The van der Waals surface area contributed by atoms with E-state index in [1.165, 1.54) is 4.90 Å². The van der Waals surface area contributed by atoms with E-state index in [9.17, 15) is 29.1 Å². The third-order valence-corrected chi connectivity index (χ3v) is 13.4. The van der Waals surface area contributed by atoms with Crippen LogP contribution in [-0.2, 0) is 9.59 Å². The standard InChI is InChI=1S/C43H54N12O6/c1-49-17-22-54(43(49)61)31-3-2-14-53(26-31)35-24-45-37(38(44)57)39(47-35)46-28-4-6-29(7-5-28)52-20-18-50(19-21-52)25-27-12-15-51(16-13-27)30-8-9-32-33(23-30)42(60)55(41(32)59)34-10-11-36(56)48-40(34)58/h4-9,23-24,27,31,34,42,60H,2-3,10-22,25-26H2,1H3,(H2,44,57)(H,46,47)(H,48,56,58)/t31-,34?,42?/m1/s1. The van der Waals surface area contributed by atoms with Gasteiger partial charge in [-0.05, 0) is 80.5 Å². The van der Waals surface area contributed by atoms with Crippen molar-refractivity contribution >= 4 is 58.4 Å². The Morgan fingerprint density at radius 3 is 2.31 bits per heavy atom. The van der Waals surface area contributed by atoms with Crippen LogP contribution in [0, 0.1) is 5.92 Å². The average molecular weight is 835 g/mol. The first-order valence-electron chi connectivity index (χ1n) is 21.5. The molecule has 18 heteroatoms. The first-order chi connectivity index (χ1) is 29.5. The van der Waals surface area contributed by atoms with Crippen LogP contribution in [0.25, 0.3) is 0 Å². The number of piperidine rings is 3. The Bertz CT molecular complexity index is 2190. The van der Waals surface area contributed by atoms with Crippen molar-refractivity contribution in [3.8, 4) is 0 Å². The molecule has 5 fully saturated rings. The molecule has 6 amide bonds. The molecular weight excluding hydrogens is 781 g/mol. The Morgan fingerprint density at radius 1 is 0.869 bits per heavy atom. The van der Waals surface area contributed by atoms with E-state index in [2.05, 4.69) is 47.3 Å². The van der Waals surface area contributed by atoms with E-state index in [1.54, 1.807) is 17.2 Å². The van der Waals surface area contributed by atoms with E-state index in [1.807, 2.05) is 36.2 Å². The molecule has 6 aliphatic rings. The number of nitrogens with zero attached hydrogens (tertiary/aromatic N) is 9. The molecule has 61 heavy (non-hydrogen) atoms. The molecular formula is C43H54N12O6. The van der Waals surface area contributed by atoms with Crippen molar-refractivity contribution in [3.05, 3.63) is 65.5 Å². The van der Waals surface area contributed by atoms with E-state index in [0.717, 1.165) is 108 Å². The van der Waals surface area contributed by atoms with Crippen LogP contribution in [0.5, 0.6) is 0 Å².